The van der Waals surface area contributed by atoms with Crippen LogP contribution >= 0.6 is 0 Å². The van der Waals surface area contributed by atoms with Gasteiger partial charge in [0.25, 0.3) is 0 Å². The van der Waals surface area contributed by atoms with Gasteiger partial charge in [0, 0.05) is 27.5 Å². The summed E-state index contributed by atoms with van der Waals surface area (Å²) >= 11 is 0. The van der Waals surface area contributed by atoms with Crippen LogP contribution in [0.2, 0.25) is 0 Å². The molecule has 4 heteroatoms. The van der Waals surface area contributed by atoms with Gasteiger partial charge in [0.1, 0.15) is 11.2 Å². The molecule has 0 radical (unpaired) electrons. The molecule has 10 rings (SSSR count). The van der Waals surface area contributed by atoms with Crippen LogP contribution in [0.3, 0.4) is 0 Å². The average Bonchev–Trinajstić information content (AvgIpc) is 3.62. The van der Waals surface area contributed by atoms with E-state index in [4.69, 9.17) is 19.4 Å². The highest BCUT2D eigenvalue weighted by atomic mass is 16.3. The molecule has 4 nitrogen and oxygen atoms in total. The minimum atomic E-state index is 0.597. The Morgan fingerprint density at radius 3 is 1.40 bits per heavy atom. The van der Waals surface area contributed by atoms with E-state index in [2.05, 4.69) is 140 Å². The fourth-order valence-electron chi connectivity index (χ4n) is 7.21. The van der Waals surface area contributed by atoms with Crippen molar-refractivity contribution < 1.29 is 4.42 Å². The summed E-state index contributed by atoms with van der Waals surface area (Å²) in [5.74, 6) is 1.83. The van der Waals surface area contributed by atoms with Gasteiger partial charge in [-0.15, -0.1) is 0 Å². The highest BCUT2D eigenvalue weighted by Gasteiger charge is 2.18. The molecular formula is C49H31N3O. The van der Waals surface area contributed by atoms with Crippen LogP contribution in [-0.2, 0) is 0 Å². The maximum absolute atomic E-state index is 6.44. The Hall–Kier alpha value is -7.17. The van der Waals surface area contributed by atoms with Crippen LogP contribution in [0.5, 0.6) is 0 Å². The van der Waals surface area contributed by atoms with Crippen molar-refractivity contribution in [2.24, 2.45) is 0 Å². The number of hydrogen-bond donors (Lipinski definition) is 0. The van der Waals surface area contributed by atoms with Gasteiger partial charge < -0.3 is 4.42 Å². The van der Waals surface area contributed by atoms with Crippen molar-refractivity contribution in [3.8, 4) is 67.5 Å². The summed E-state index contributed by atoms with van der Waals surface area (Å²) < 4.78 is 6.44. The van der Waals surface area contributed by atoms with Crippen LogP contribution in [0.4, 0.5) is 0 Å². The minimum Gasteiger partial charge on any atom is -0.456 e. The lowest BCUT2D eigenvalue weighted by molar-refractivity contribution is 0.669. The maximum Gasteiger partial charge on any atom is 0.164 e. The second-order valence-electron chi connectivity index (χ2n) is 13.3. The molecule has 53 heavy (non-hydrogen) atoms. The Morgan fingerprint density at radius 1 is 0.302 bits per heavy atom. The number of furan rings is 1. The first-order chi connectivity index (χ1) is 26.2. The normalized spacial score (nSPS) is 11.4. The lowest BCUT2D eigenvalue weighted by Crippen LogP contribution is -2.00. The quantitative estimate of drug-likeness (QED) is 0.176. The van der Waals surface area contributed by atoms with Crippen molar-refractivity contribution in [3.05, 3.63) is 188 Å². The molecule has 0 saturated carbocycles. The minimum absolute atomic E-state index is 0.597. The number of rotatable bonds is 6. The van der Waals surface area contributed by atoms with Crippen LogP contribution < -0.4 is 0 Å². The van der Waals surface area contributed by atoms with Crippen LogP contribution in [0.15, 0.2) is 192 Å². The van der Waals surface area contributed by atoms with E-state index in [0.717, 1.165) is 55.3 Å². The molecular weight excluding hydrogens is 647 g/mol. The molecule has 2 aromatic heterocycles. The third kappa shape index (κ3) is 5.73. The number of fused-ring (bicyclic) bond motifs is 4. The summed E-state index contributed by atoms with van der Waals surface area (Å²) in [5, 5.41) is 4.40. The zero-order valence-corrected chi connectivity index (χ0v) is 28.6. The van der Waals surface area contributed by atoms with E-state index in [-0.39, 0.29) is 0 Å². The molecule has 0 aliphatic carbocycles. The molecule has 0 bridgehead atoms. The molecule has 0 spiro atoms. The molecule has 0 saturated heterocycles. The number of benzene rings is 8. The molecule has 2 heterocycles. The first kappa shape index (κ1) is 30.6. The van der Waals surface area contributed by atoms with Crippen molar-refractivity contribution in [2.45, 2.75) is 0 Å². The van der Waals surface area contributed by atoms with E-state index >= 15 is 0 Å². The van der Waals surface area contributed by atoms with Crippen LogP contribution in [0, 0.1) is 0 Å². The maximum atomic E-state index is 6.44. The fraction of sp³-hybridized carbons (Fsp3) is 0. The van der Waals surface area contributed by atoms with Crippen molar-refractivity contribution >= 4 is 32.7 Å². The van der Waals surface area contributed by atoms with Crippen molar-refractivity contribution in [3.63, 3.8) is 0 Å². The molecule has 0 unspecified atom stereocenters. The van der Waals surface area contributed by atoms with Gasteiger partial charge in [0.05, 0.1) is 0 Å². The second-order valence-corrected chi connectivity index (χ2v) is 13.3. The van der Waals surface area contributed by atoms with Gasteiger partial charge in [-0.25, -0.2) is 15.0 Å². The van der Waals surface area contributed by atoms with E-state index in [1.165, 1.54) is 27.5 Å². The van der Waals surface area contributed by atoms with E-state index in [1.807, 2.05) is 48.5 Å². The van der Waals surface area contributed by atoms with Crippen LogP contribution in [0.1, 0.15) is 0 Å². The van der Waals surface area contributed by atoms with Crippen LogP contribution in [0.25, 0.3) is 100 Å². The number of hydrogen-bond acceptors (Lipinski definition) is 4. The van der Waals surface area contributed by atoms with Crippen molar-refractivity contribution in [1.29, 1.82) is 0 Å². The topological polar surface area (TPSA) is 51.8 Å². The summed E-state index contributed by atoms with van der Waals surface area (Å²) in [4.78, 5) is 15.2. The first-order valence-electron chi connectivity index (χ1n) is 17.8. The van der Waals surface area contributed by atoms with E-state index in [0.29, 0.717) is 17.5 Å². The zero-order chi connectivity index (χ0) is 35.1. The van der Waals surface area contributed by atoms with Gasteiger partial charge in [-0.2, -0.15) is 0 Å². The number of nitrogens with zero attached hydrogens (tertiary/aromatic N) is 3. The van der Waals surface area contributed by atoms with E-state index < -0.39 is 0 Å². The molecule has 248 valence electrons. The second kappa shape index (κ2) is 12.9. The third-order valence-corrected chi connectivity index (χ3v) is 9.93. The Labute approximate surface area is 306 Å². The molecule has 0 aliphatic heterocycles. The van der Waals surface area contributed by atoms with E-state index in [1.54, 1.807) is 0 Å². The SMILES string of the molecule is c1ccc(-c2ccc(-c3nc(-c4ccccc4)nc(-c4cccc5oc6ccc(-c7ccc8cc(-c9ccccc9)ccc8c7)cc6c45)n3)cc2)cc1. The predicted molar refractivity (Wildman–Crippen MR) is 217 cm³/mol. The lowest BCUT2D eigenvalue weighted by Gasteiger charge is -2.10. The lowest BCUT2D eigenvalue weighted by atomic mass is 9.96. The number of aromatic nitrogens is 3. The summed E-state index contributed by atoms with van der Waals surface area (Å²) in [5.41, 5.74) is 11.3. The highest BCUT2D eigenvalue weighted by molar-refractivity contribution is 6.13. The van der Waals surface area contributed by atoms with Crippen molar-refractivity contribution in [2.75, 3.05) is 0 Å². The molecule has 10 aromatic rings. The van der Waals surface area contributed by atoms with E-state index in [9.17, 15) is 0 Å². The largest absolute Gasteiger partial charge is 0.456 e. The zero-order valence-electron chi connectivity index (χ0n) is 28.6. The first-order valence-corrected chi connectivity index (χ1v) is 17.8. The van der Waals surface area contributed by atoms with Gasteiger partial charge in [-0.3, -0.25) is 0 Å². The molecule has 0 amide bonds. The Morgan fingerprint density at radius 2 is 0.755 bits per heavy atom. The monoisotopic (exact) mass is 677 g/mol. The van der Waals surface area contributed by atoms with Crippen molar-refractivity contribution in [1.82, 2.24) is 15.0 Å². The van der Waals surface area contributed by atoms with Gasteiger partial charge in [0.2, 0.25) is 0 Å². The Kier molecular flexibility index (Phi) is 7.43. The van der Waals surface area contributed by atoms with Gasteiger partial charge in [-0.05, 0) is 74.5 Å². The molecule has 0 aliphatic rings. The fourth-order valence-corrected chi connectivity index (χ4v) is 7.21. The van der Waals surface area contributed by atoms with Gasteiger partial charge in [-0.1, -0.05) is 158 Å². The molecule has 8 aromatic carbocycles. The molecule has 0 fully saturated rings. The Bertz CT molecular complexity index is 2920. The summed E-state index contributed by atoms with van der Waals surface area (Å²) in [6.07, 6.45) is 0. The average molecular weight is 678 g/mol. The molecule has 0 N–H and O–H groups in total. The molecule has 0 atom stereocenters. The Balaban J connectivity index is 1.09. The highest BCUT2D eigenvalue weighted by Crippen LogP contribution is 2.39. The third-order valence-electron chi connectivity index (χ3n) is 9.93. The van der Waals surface area contributed by atoms with Crippen LogP contribution in [-0.4, -0.2) is 15.0 Å². The predicted octanol–water partition coefficient (Wildman–Crippen LogP) is 12.9. The summed E-state index contributed by atoms with van der Waals surface area (Å²) in [6.45, 7) is 0. The smallest absolute Gasteiger partial charge is 0.164 e. The summed E-state index contributed by atoms with van der Waals surface area (Å²) in [6, 6.07) is 65.3. The summed E-state index contributed by atoms with van der Waals surface area (Å²) in [7, 11) is 0. The van der Waals surface area contributed by atoms with Gasteiger partial charge >= 0.3 is 0 Å². The van der Waals surface area contributed by atoms with Gasteiger partial charge in [0.15, 0.2) is 17.5 Å². The standard InChI is InChI=1S/C49H31N3O/c1-4-11-32(12-5-1)34-19-21-36(22-20-34)48-50-47(35-15-8-3-9-16-35)51-49(52-48)42-17-10-18-45-46(42)43-31-41(27-28-44(43)53-45)40-26-25-38-29-37(23-24-39(38)30-40)33-13-6-2-7-14-33/h1-31H.